The Morgan fingerprint density at radius 1 is 0.106 bits per heavy atom. The highest BCUT2D eigenvalue weighted by Crippen LogP contribution is 2.18. The highest BCUT2D eigenvalue weighted by atomic mass is 16.2. The molecule has 0 unspecified atom stereocenters. The largest absolute Gasteiger partial charge is 0.400 e. The molecule has 6 N–H and O–H groups in total. The lowest BCUT2D eigenvalue weighted by molar-refractivity contribution is 0.399. The zero-order valence-electron chi connectivity index (χ0n) is 33.4. The van der Waals surface area contributed by atoms with E-state index < -0.39 is 0 Å². The van der Waals surface area contributed by atoms with Crippen molar-refractivity contribution in [1.82, 2.24) is 0 Å². The predicted octanol–water partition coefficient (Wildman–Crippen LogP) is 11.3. The molecule has 1 aliphatic carbocycles. The maximum atomic E-state index is 7.00. The first kappa shape index (κ1) is 58.9. The zero-order chi connectivity index (χ0) is 36.7. The fourth-order valence-electron chi connectivity index (χ4n) is 6.19. The van der Waals surface area contributed by atoms with Crippen LogP contribution >= 0.6 is 0 Å². The Hall–Kier alpha value is -0.240. The molecule has 294 valence electrons. The van der Waals surface area contributed by atoms with Gasteiger partial charge < -0.3 is 30.6 Å². The van der Waals surface area contributed by atoms with E-state index >= 15 is 0 Å². The van der Waals surface area contributed by atoms with E-state index in [2.05, 4.69) is 0 Å². The standard InChI is InChI=1S/C35H70.6CH4O/c1-2-4-6-8-10-12-14-16-18-20-22-24-26-28-30-32-34-35-33-31-29-27-25-23-21-19-17-15-13-11-9-7-5-3-1;6*1-2/h1-35H2;6*2H,1H3. The zero-order valence-corrected chi connectivity index (χ0v) is 33.4. The summed E-state index contributed by atoms with van der Waals surface area (Å²) in [5.74, 6) is 0. The van der Waals surface area contributed by atoms with E-state index in [0.717, 1.165) is 42.7 Å². The average Bonchev–Trinajstić information content (AvgIpc) is 3.15. The van der Waals surface area contributed by atoms with Crippen molar-refractivity contribution < 1.29 is 30.6 Å². The summed E-state index contributed by atoms with van der Waals surface area (Å²) in [5, 5.41) is 42.0. The fourth-order valence-corrected chi connectivity index (χ4v) is 6.19. The van der Waals surface area contributed by atoms with Gasteiger partial charge in [-0.2, -0.15) is 0 Å². The molecule has 0 radical (unpaired) electrons. The molecule has 0 aromatic heterocycles. The Morgan fingerprint density at radius 2 is 0.128 bits per heavy atom. The van der Waals surface area contributed by atoms with Crippen molar-refractivity contribution >= 4 is 0 Å². The third-order valence-corrected chi connectivity index (χ3v) is 8.75. The molecule has 1 aliphatic rings. The van der Waals surface area contributed by atoms with E-state index in [9.17, 15) is 0 Å². The molecule has 0 amide bonds. The summed E-state index contributed by atoms with van der Waals surface area (Å²) in [4.78, 5) is 0. The van der Waals surface area contributed by atoms with Gasteiger partial charge in [0.25, 0.3) is 0 Å². The fraction of sp³-hybridized carbons (Fsp3) is 1.00. The molecule has 1 rings (SSSR count). The molecule has 0 aromatic rings. The SMILES string of the molecule is C1CCCCCCCCCCCCCCCCCCCCCCCCCCCCCCCCCC1.CO.CO.CO.CO.CO.CO. The van der Waals surface area contributed by atoms with Gasteiger partial charge in [-0.15, -0.1) is 0 Å². The molecule has 0 saturated heterocycles. The first-order valence-corrected chi connectivity index (χ1v) is 20.2. The van der Waals surface area contributed by atoms with Gasteiger partial charge in [0.1, 0.15) is 0 Å². The van der Waals surface area contributed by atoms with E-state index in [0.29, 0.717) is 0 Å². The van der Waals surface area contributed by atoms with Crippen molar-refractivity contribution in [3.63, 3.8) is 0 Å². The van der Waals surface area contributed by atoms with Crippen molar-refractivity contribution in [2.24, 2.45) is 0 Å². The third kappa shape index (κ3) is 72.5. The van der Waals surface area contributed by atoms with Crippen molar-refractivity contribution in [2.75, 3.05) is 42.7 Å². The topological polar surface area (TPSA) is 121 Å². The maximum Gasteiger partial charge on any atom is 0.0319 e. The minimum atomic E-state index is 1.00. The third-order valence-electron chi connectivity index (χ3n) is 8.75. The molecule has 1 fully saturated rings. The highest BCUT2D eigenvalue weighted by Gasteiger charge is 1.98. The molecule has 6 nitrogen and oxygen atoms in total. The van der Waals surface area contributed by atoms with Crippen molar-refractivity contribution in [1.29, 1.82) is 0 Å². The molecule has 0 aliphatic heterocycles. The van der Waals surface area contributed by atoms with Crippen LogP contribution in [0.4, 0.5) is 0 Å². The Morgan fingerprint density at radius 3 is 0.149 bits per heavy atom. The molecular weight excluding hydrogens is 588 g/mol. The van der Waals surface area contributed by atoms with Gasteiger partial charge in [-0.1, -0.05) is 225 Å². The molecule has 0 bridgehead atoms. The minimum Gasteiger partial charge on any atom is -0.400 e. The smallest absolute Gasteiger partial charge is 0.0319 e. The maximum absolute atomic E-state index is 7.00. The summed E-state index contributed by atoms with van der Waals surface area (Å²) in [7, 11) is 6.00. The molecule has 0 heterocycles. The molecule has 47 heavy (non-hydrogen) atoms. The molecular formula is C41H94O6. The number of aliphatic hydroxyl groups is 6. The van der Waals surface area contributed by atoms with Gasteiger partial charge in [0.05, 0.1) is 0 Å². The Balaban J connectivity index is -0.000000313. The average molecular weight is 683 g/mol. The molecule has 1 saturated carbocycles. The number of rotatable bonds is 0. The van der Waals surface area contributed by atoms with Crippen LogP contribution in [0.25, 0.3) is 0 Å². The first-order chi connectivity index (χ1) is 23.5. The summed E-state index contributed by atoms with van der Waals surface area (Å²) in [6.45, 7) is 0. The highest BCUT2D eigenvalue weighted by molar-refractivity contribution is 4.54. The van der Waals surface area contributed by atoms with Gasteiger partial charge in [0, 0.05) is 42.7 Å². The van der Waals surface area contributed by atoms with Crippen LogP contribution in [0, 0.1) is 0 Å². The number of hydrogen-bond acceptors (Lipinski definition) is 6. The second kappa shape index (κ2) is 75.9. The van der Waals surface area contributed by atoms with Crippen molar-refractivity contribution in [2.45, 2.75) is 225 Å². The normalized spacial score (nSPS) is 18.6. The monoisotopic (exact) mass is 683 g/mol. The van der Waals surface area contributed by atoms with Crippen molar-refractivity contribution in [3.8, 4) is 0 Å². The lowest BCUT2D eigenvalue weighted by atomic mass is 10.0. The van der Waals surface area contributed by atoms with Crippen LogP contribution in [0.5, 0.6) is 0 Å². The molecule has 0 spiro atoms. The van der Waals surface area contributed by atoms with Gasteiger partial charge >= 0.3 is 0 Å². The lowest BCUT2D eigenvalue weighted by Gasteiger charge is -2.04. The van der Waals surface area contributed by atoms with E-state index in [1.165, 1.54) is 225 Å². The summed E-state index contributed by atoms with van der Waals surface area (Å²) < 4.78 is 0. The molecule has 6 heteroatoms. The van der Waals surface area contributed by atoms with E-state index in [-0.39, 0.29) is 0 Å². The Bertz CT molecular complexity index is 205. The van der Waals surface area contributed by atoms with Crippen molar-refractivity contribution in [3.05, 3.63) is 0 Å². The quantitative estimate of drug-likeness (QED) is 0.151. The van der Waals surface area contributed by atoms with Gasteiger partial charge in [-0.3, -0.25) is 0 Å². The van der Waals surface area contributed by atoms with Crippen LogP contribution < -0.4 is 0 Å². The summed E-state index contributed by atoms with van der Waals surface area (Å²) in [6, 6.07) is 0. The predicted molar refractivity (Wildman–Crippen MR) is 210 cm³/mol. The van der Waals surface area contributed by atoms with Gasteiger partial charge in [-0.05, 0) is 0 Å². The lowest BCUT2D eigenvalue weighted by Crippen LogP contribution is -1.85. The van der Waals surface area contributed by atoms with Crippen LogP contribution in [0.3, 0.4) is 0 Å². The van der Waals surface area contributed by atoms with Gasteiger partial charge in [0.15, 0.2) is 0 Å². The van der Waals surface area contributed by atoms with Crippen LogP contribution in [-0.4, -0.2) is 73.3 Å². The van der Waals surface area contributed by atoms with Crippen LogP contribution in [0.2, 0.25) is 0 Å². The van der Waals surface area contributed by atoms with Crippen LogP contribution in [0.1, 0.15) is 225 Å². The summed E-state index contributed by atoms with van der Waals surface area (Å²) in [5.41, 5.74) is 0. The van der Waals surface area contributed by atoms with E-state index in [1.807, 2.05) is 0 Å². The second-order valence-corrected chi connectivity index (χ2v) is 12.4. The van der Waals surface area contributed by atoms with E-state index in [1.54, 1.807) is 0 Å². The van der Waals surface area contributed by atoms with Crippen LogP contribution in [-0.2, 0) is 0 Å². The number of hydrogen-bond donors (Lipinski definition) is 6. The van der Waals surface area contributed by atoms with E-state index in [4.69, 9.17) is 30.6 Å². The number of aliphatic hydroxyl groups excluding tert-OH is 6. The first-order valence-electron chi connectivity index (χ1n) is 20.2. The second-order valence-electron chi connectivity index (χ2n) is 12.4. The Labute approximate surface area is 297 Å². The summed E-state index contributed by atoms with van der Waals surface area (Å²) >= 11 is 0. The minimum absolute atomic E-state index is 1.00. The molecule has 0 atom stereocenters. The molecule has 0 aromatic carbocycles. The van der Waals surface area contributed by atoms with Crippen LogP contribution in [0.15, 0.2) is 0 Å². The summed E-state index contributed by atoms with van der Waals surface area (Å²) in [6.07, 6.45) is 52.5. The van der Waals surface area contributed by atoms with Gasteiger partial charge in [-0.25, -0.2) is 0 Å². The van der Waals surface area contributed by atoms with Gasteiger partial charge in [0.2, 0.25) is 0 Å². The Kier molecular flexibility index (Phi) is 95.1.